The number of halogens is 1. The van der Waals surface area contributed by atoms with E-state index in [2.05, 4.69) is 19.9 Å². The highest BCUT2D eigenvalue weighted by Crippen LogP contribution is 2.47. The summed E-state index contributed by atoms with van der Waals surface area (Å²) in [4.78, 5) is 11.3. The number of rotatable bonds is 3. The summed E-state index contributed by atoms with van der Waals surface area (Å²) in [5.41, 5.74) is 9.34. The molecule has 1 amide bonds. The van der Waals surface area contributed by atoms with E-state index in [0.29, 0.717) is 11.5 Å². The molecule has 4 heteroatoms. The highest BCUT2D eigenvalue weighted by Gasteiger charge is 2.39. The minimum atomic E-state index is -0.829. The second-order valence-electron chi connectivity index (χ2n) is 8.12. The van der Waals surface area contributed by atoms with Crippen LogP contribution in [0.3, 0.4) is 0 Å². The van der Waals surface area contributed by atoms with Crippen LogP contribution in [0.5, 0.6) is 0 Å². The molecule has 1 aliphatic rings. The molecular weight excluding hydrogens is 329 g/mol. The number of ether oxygens (including phenoxy) is 1. The molecule has 3 nitrogen and oxygen atoms in total. The van der Waals surface area contributed by atoms with Gasteiger partial charge < -0.3 is 10.5 Å². The molecule has 0 heterocycles. The highest BCUT2D eigenvalue weighted by atomic mass is 19.1. The second kappa shape index (κ2) is 6.75. The zero-order chi connectivity index (χ0) is 19.1. The standard InChI is InChI=1S/C22H26FNO2/c1-13(2)14-6-5-7-15(10-14)17-11-16-8-9-22(3,4)20(26-21(24)25)18(16)12-19(17)23/h5-7,10-13,20H,8-9H2,1-4H3,(H2,24,25)/t20-/m0/s1. The van der Waals surface area contributed by atoms with Gasteiger partial charge in [0.25, 0.3) is 0 Å². The van der Waals surface area contributed by atoms with Crippen molar-refractivity contribution in [1.82, 2.24) is 0 Å². The van der Waals surface area contributed by atoms with Crippen molar-refractivity contribution in [1.29, 1.82) is 0 Å². The fraction of sp³-hybridized carbons (Fsp3) is 0.409. The first-order valence-corrected chi connectivity index (χ1v) is 9.08. The van der Waals surface area contributed by atoms with E-state index in [1.807, 2.05) is 38.1 Å². The summed E-state index contributed by atoms with van der Waals surface area (Å²) < 4.78 is 20.3. The molecular formula is C22H26FNO2. The summed E-state index contributed by atoms with van der Waals surface area (Å²) >= 11 is 0. The minimum absolute atomic E-state index is 0.284. The largest absolute Gasteiger partial charge is 0.441 e. The van der Waals surface area contributed by atoms with Gasteiger partial charge in [-0.25, -0.2) is 9.18 Å². The number of primary amides is 1. The zero-order valence-corrected chi connectivity index (χ0v) is 15.8. The van der Waals surface area contributed by atoms with Gasteiger partial charge in [0, 0.05) is 11.0 Å². The van der Waals surface area contributed by atoms with Gasteiger partial charge in [0.2, 0.25) is 0 Å². The molecule has 1 aliphatic carbocycles. The molecule has 1 atom stereocenters. The zero-order valence-electron chi connectivity index (χ0n) is 15.8. The molecule has 2 aromatic carbocycles. The molecule has 2 N–H and O–H groups in total. The van der Waals surface area contributed by atoms with E-state index in [1.54, 1.807) is 0 Å². The third-order valence-electron chi connectivity index (χ3n) is 5.36. The van der Waals surface area contributed by atoms with E-state index in [0.717, 1.165) is 29.5 Å². The number of amides is 1. The first-order valence-electron chi connectivity index (χ1n) is 9.08. The number of nitrogens with two attached hydrogens (primary N) is 1. The molecule has 3 rings (SSSR count). The van der Waals surface area contributed by atoms with E-state index in [9.17, 15) is 9.18 Å². The van der Waals surface area contributed by atoms with Gasteiger partial charge >= 0.3 is 6.09 Å². The van der Waals surface area contributed by atoms with Gasteiger partial charge in [0.1, 0.15) is 11.9 Å². The summed E-state index contributed by atoms with van der Waals surface area (Å²) in [5.74, 6) is 0.0743. The third kappa shape index (κ3) is 3.46. The van der Waals surface area contributed by atoms with Gasteiger partial charge in [0.15, 0.2) is 0 Å². The summed E-state index contributed by atoms with van der Waals surface area (Å²) in [5, 5.41) is 0. The smallest absolute Gasteiger partial charge is 0.405 e. The molecule has 0 aromatic heterocycles. The van der Waals surface area contributed by atoms with E-state index in [1.165, 1.54) is 11.6 Å². The molecule has 0 bridgehead atoms. The summed E-state index contributed by atoms with van der Waals surface area (Å²) in [6, 6.07) is 11.4. The lowest BCUT2D eigenvalue weighted by Gasteiger charge is -2.39. The number of carbonyl (C=O) groups is 1. The van der Waals surface area contributed by atoms with Crippen molar-refractivity contribution in [3.05, 3.63) is 58.9 Å². The minimum Gasteiger partial charge on any atom is -0.441 e. The Morgan fingerprint density at radius 3 is 2.65 bits per heavy atom. The summed E-state index contributed by atoms with van der Waals surface area (Å²) in [6.45, 7) is 8.27. The summed E-state index contributed by atoms with van der Waals surface area (Å²) in [6.07, 6.45) is 0.298. The lowest BCUT2D eigenvalue weighted by atomic mass is 9.71. The highest BCUT2D eigenvalue weighted by molar-refractivity contribution is 5.68. The SMILES string of the molecule is CC(C)c1cccc(-c2cc3c(cc2F)[C@H](OC(N)=O)C(C)(C)CC3)c1. The van der Waals surface area contributed by atoms with E-state index >= 15 is 0 Å². The van der Waals surface area contributed by atoms with Crippen LogP contribution in [0.1, 0.15) is 62.8 Å². The predicted octanol–water partition coefficient (Wildman–Crippen LogP) is 5.72. The molecule has 0 aliphatic heterocycles. The molecule has 26 heavy (non-hydrogen) atoms. The Kier molecular flexibility index (Phi) is 4.78. The maximum atomic E-state index is 15.0. The van der Waals surface area contributed by atoms with Gasteiger partial charge in [-0.2, -0.15) is 0 Å². The normalized spacial score (nSPS) is 18.5. The molecule has 2 aromatic rings. The van der Waals surface area contributed by atoms with Crippen molar-refractivity contribution in [3.63, 3.8) is 0 Å². The second-order valence-corrected chi connectivity index (χ2v) is 8.12. The Morgan fingerprint density at radius 2 is 2.00 bits per heavy atom. The van der Waals surface area contributed by atoms with E-state index in [4.69, 9.17) is 10.5 Å². The van der Waals surface area contributed by atoms with Gasteiger partial charge in [-0.15, -0.1) is 0 Å². The van der Waals surface area contributed by atoms with Gasteiger partial charge in [-0.3, -0.25) is 0 Å². The summed E-state index contributed by atoms with van der Waals surface area (Å²) in [7, 11) is 0. The van der Waals surface area contributed by atoms with E-state index in [-0.39, 0.29) is 11.2 Å². The topological polar surface area (TPSA) is 52.3 Å². The van der Waals surface area contributed by atoms with Crippen LogP contribution in [0, 0.1) is 11.2 Å². The molecule has 0 spiro atoms. The first-order chi connectivity index (χ1) is 12.2. The monoisotopic (exact) mass is 355 g/mol. The Labute approximate surface area is 154 Å². The van der Waals surface area contributed by atoms with Crippen LogP contribution >= 0.6 is 0 Å². The average Bonchev–Trinajstić information content (AvgIpc) is 2.57. The van der Waals surface area contributed by atoms with Crippen molar-refractivity contribution in [3.8, 4) is 11.1 Å². The van der Waals surface area contributed by atoms with Crippen LogP contribution in [0.2, 0.25) is 0 Å². The first kappa shape index (κ1) is 18.4. The molecule has 0 saturated heterocycles. The van der Waals surface area contributed by atoms with Crippen molar-refractivity contribution in [2.45, 2.75) is 52.6 Å². The van der Waals surface area contributed by atoms with Gasteiger partial charge in [-0.1, -0.05) is 52.0 Å². The number of hydrogen-bond donors (Lipinski definition) is 1. The van der Waals surface area contributed by atoms with Crippen molar-refractivity contribution in [2.24, 2.45) is 11.1 Å². The molecule has 0 fully saturated rings. The average molecular weight is 355 g/mol. The van der Waals surface area contributed by atoms with Crippen molar-refractivity contribution >= 4 is 6.09 Å². The quantitative estimate of drug-likeness (QED) is 0.765. The third-order valence-corrected chi connectivity index (χ3v) is 5.36. The fourth-order valence-electron chi connectivity index (χ4n) is 3.73. The predicted molar refractivity (Wildman–Crippen MR) is 101 cm³/mol. The molecule has 138 valence electrons. The van der Waals surface area contributed by atoms with Crippen molar-refractivity contribution in [2.75, 3.05) is 0 Å². The van der Waals surface area contributed by atoms with Crippen LogP contribution in [-0.4, -0.2) is 6.09 Å². The maximum absolute atomic E-state index is 15.0. The number of benzene rings is 2. The molecule has 0 radical (unpaired) electrons. The van der Waals surface area contributed by atoms with Crippen LogP contribution < -0.4 is 5.73 Å². The lowest BCUT2D eigenvalue weighted by Crippen LogP contribution is -2.33. The van der Waals surface area contributed by atoms with Gasteiger partial charge in [0.05, 0.1) is 0 Å². The van der Waals surface area contributed by atoms with E-state index < -0.39 is 12.2 Å². The van der Waals surface area contributed by atoms with Crippen LogP contribution in [0.25, 0.3) is 11.1 Å². The van der Waals surface area contributed by atoms with Gasteiger partial charge in [-0.05, 0) is 53.1 Å². The Bertz CT molecular complexity index is 842. The Hall–Kier alpha value is -2.36. The van der Waals surface area contributed by atoms with Crippen LogP contribution in [0.15, 0.2) is 36.4 Å². The number of carbonyl (C=O) groups excluding carboxylic acids is 1. The number of hydrogen-bond acceptors (Lipinski definition) is 2. The fourth-order valence-corrected chi connectivity index (χ4v) is 3.73. The molecule has 0 unspecified atom stereocenters. The maximum Gasteiger partial charge on any atom is 0.405 e. The van der Waals surface area contributed by atoms with Crippen LogP contribution in [0.4, 0.5) is 9.18 Å². The Morgan fingerprint density at radius 1 is 1.27 bits per heavy atom. The van der Waals surface area contributed by atoms with Crippen molar-refractivity contribution < 1.29 is 13.9 Å². The lowest BCUT2D eigenvalue weighted by molar-refractivity contribution is 0.0145. The molecule has 0 saturated carbocycles. The Balaban J connectivity index is 2.08. The number of fused-ring (bicyclic) bond motifs is 1. The van der Waals surface area contributed by atoms with Crippen LogP contribution in [-0.2, 0) is 11.2 Å². The number of aryl methyl sites for hydroxylation is 1.